The van der Waals surface area contributed by atoms with E-state index in [9.17, 15) is 9.18 Å². The van der Waals surface area contributed by atoms with Gasteiger partial charge in [0.2, 0.25) is 5.91 Å². The smallest absolute Gasteiger partial charge is 0.236 e. The van der Waals surface area contributed by atoms with Gasteiger partial charge >= 0.3 is 0 Å². The number of nitrogens with zero attached hydrogens (tertiary/aromatic N) is 2. The van der Waals surface area contributed by atoms with Gasteiger partial charge in [-0.3, -0.25) is 9.69 Å². The Hall–Kier alpha value is -2.57. The second-order valence-corrected chi connectivity index (χ2v) is 8.26. The van der Waals surface area contributed by atoms with E-state index in [1.807, 2.05) is 31.4 Å². The van der Waals surface area contributed by atoms with Crippen molar-refractivity contribution in [3.05, 3.63) is 64.8 Å². The number of carbonyl (C=O) groups excluding carboxylic acids is 1. The van der Waals surface area contributed by atoms with Gasteiger partial charge in [0.1, 0.15) is 5.82 Å². The van der Waals surface area contributed by atoms with Crippen LogP contribution >= 0.6 is 11.3 Å². The van der Waals surface area contributed by atoms with E-state index < -0.39 is 0 Å². The Bertz CT molecular complexity index is 990. The maximum atomic E-state index is 13.5. The predicted octanol–water partition coefficient (Wildman–Crippen LogP) is 5.66. The van der Waals surface area contributed by atoms with Crippen molar-refractivity contribution in [1.29, 1.82) is 0 Å². The van der Waals surface area contributed by atoms with Crippen LogP contribution in [-0.4, -0.2) is 24.1 Å². The third kappa shape index (κ3) is 4.38. The third-order valence-corrected chi connectivity index (χ3v) is 5.90. The number of rotatable bonds is 4. The van der Waals surface area contributed by atoms with Gasteiger partial charge in [0.05, 0.1) is 11.4 Å². The number of hydrogen-bond acceptors (Lipinski definition) is 4. The van der Waals surface area contributed by atoms with Gasteiger partial charge in [0.15, 0.2) is 5.13 Å². The Balaban J connectivity index is 1.73. The van der Waals surface area contributed by atoms with E-state index in [0.29, 0.717) is 18.3 Å². The molecule has 2 heterocycles. The summed E-state index contributed by atoms with van der Waals surface area (Å²) in [5.41, 5.74) is 4.59. The third-order valence-electron chi connectivity index (χ3n) is 5.08. The summed E-state index contributed by atoms with van der Waals surface area (Å²) < 4.78 is 18.7. The lowest BCUT2D eigenvalue weighted by molar-refractivity contribution is -0.124. The van der Waals surface area contributed by atoms with Crippen molar-refractivity contribution in [1.82, 2.24) is 4.98 Å². The SMILES string of the molecule is Cc1cc(C)cc(N(C(=O)C2CCOCC2)c2nc(-c3ccc(F)cc3)cs2)c1. The molecule has 1 saturated heterocycles. The fourth-order valence-corrected chi connectivity index (χ4v) is 4.52. The fourth-order valence-electron chi connectivity index (χ4n) is 3.66. The van der Waals surface area contributed by atoms with Crippen LogP contribution in [0.1, 0.15) is 24.0 Å². The molecule has 29 heavy (non-hydrogen) atoms. The Morgan fingerprint density at radius 1 is 1.10 bits per heavy atom. The van der Waals surface area contributed by atoms with Crippen molar-refractivity contribution in [2.75, 3.05) is 18.1 Å². The summed E-state index contributed by atoms with van der Waals surface area (Å²) in [5.74, 6) is -0.309. The van der Waals surface area contributed by atoms with Gasteiger partial charge < -0.3 is 4.74 Å². The molecule has 0 saturated carbocycles. The number of amides is 1. The first-order valence-electron chi connectivity index (χ1n) is 9.73. The first kappa shape index (κ1) is 19.7. The van der Waals surface area contributed by atoms with Gasteiger partial charge in [-0.25, -0.2) is 9.37 Å². The molecular weight excluding hydrogens is 387 g/mol. The topological polar surface area (TPSA) is 42.4 Å². The maximum absolute atomic E-state index is 13.5. The summed E-state index contributed by atoms with van der Waals surface area (Å²) >= 11 is 1.42. The van der Waals surface area contributed by atoms with Crippen molar-refractivity contribution in [3.8, 4) is 11.3 Å². The number of halogens is 1. The van der Waals surface area contributed by atoms with E-state index in [2.05, 4.69) is 6.07 Å². The summed E-state index contributed by atoms with van der Waals surface area (Å²) in [6.45, 7) is 5.27. The molecule has 0 unspecified atom stereocenters. The molecule has 1 aromatic heterocycles. The summed E-state index contributed by atoms with van der Waals surface area (Å²) in [6, 6.07) is 12.4. The van der Waals surface area contributed by atoms with Crippen LogP contribution in [0, 0.1) is 25.6 Å². The first-order chi connectivity index (χ1) is 14.0. The van der Waals surface area contributed by atoms with Crippen LogP contribution in [0.3, 0.4) is 0 Å². The maximum Gasteiger partial charge on any atom is 0.236 e. The highest BCUT2D eigenvalue weighted by atomic mass is 32.1. The van der Waals surface area contributed by atoms with E-state index in [1.54, 1.807) is 17.0 Å². The van der Waals surface area contributed by atoms with Crippen molar-refractivity contribution in [2.45, 2.75) is 26.7 Å². The number of anilines is 2. The van der Waals surface area contributed by atoms with E-state index in [4.69, 9.17) is 9.72 Å². The Kier molecular flexibility index (Phi) is 5.74. The van der Waals surface area contributed by atoms with Gasteiger partial charge in [0.25, 0.3) is 0 Å². The van der Waals surface area contributed by atoms with Gasteiger partial charge in [-0.15, -0.1) is 11.3 Å². The second-order valence-electron chi connectivity index (χ2n) is 7.43. The highest BCUT2D eigenvalue weighted by Crippen LogP contribution is 2.35. The molecule has 150 valence electrons. The molecule has 0 radical (unpaired) electrons. The minimum absolute atomic E-state index is 0.0540. The minimum Gasteiger partial charge on any atom is -0.381 e. The van der Waals surface area contributed by atoms with Crippen molar-refractivity contribution in [3.63, 3.8) is 0 Å². The highest BCUT2D eigenvalue weighted by Gasteiger charge is 2.30. The molecule has 1 aliphatic rings. The molecule has 0 atom stereocenters. The number of ether oxygens (including phenoxy) is 1. The molecule has 1 amide bonds. The first-order valence-corrected chi connectivity index (χ1v) is 10.6. The molecule has 0 aliphatic carbocycles. The standard InChI is InChI=1S/C23H23FN2O2S/c1-15-11-16(2)13-20(12-15)26(22(27)18-7-9-28-10-8-18)23-25-21(14-29-23)17-3-5-19(24)6-4-17/h3-6,11-14,18H,7-10H2,1-2H3. The van der Waals surface area contributed by atoms with Crippen LogP contribution in [-0.2, 0) is 9.53 Å². The average molecular weight is 411 g/mol. The fraction of sp³-hybridized carbons (Fsp3) is 0.304. The zero-order valence-electron chi connectivity index (χ0n) is 16.5. The van der Waals surface area contributed by atoms with Crippen LogP contribution in [0.15, 0.2) is 47.8 Å². The van der Waals surface area contributed by atoms with Gasteiger partial charge in [-0.2, -0.15) is 0 Å². The molecule has 0 N–H and O–H groups in total. The minimum atomic E-state index is -0.282. The van der Waals surface area contributed by atoms with Crippen LogP contribution < -0.4 is 4.90 Å². The van der Waals surface area contributed by atoms with E-state index in [1.165, 1.54) is 23.5 Å². The molecule has 1 fully saturated rings. The summed E-state index contributed by atoms with van der Waals surface area (Å²) in [7, 11) is 0. The monoisotopic (exact) mass is 410 g/mol. The lowest BCUT2D eigenvalue weighted by Gasteiger charge is -2.28. The average Bonchev–Trinajstić information content (AvgIpc) is 3.18. The number of hydrogen-bond donors (Lipinski definition) is 0. The molecule has 1 aliphatic heterocycles. The molecule has 6 heteroatoms. The lowest BCUT2D eigenvalue weighted by atomic mass is 9.98. The predicted molar refractivity (Wildman–Crippen MR) is 114 cm³/mol. The molecule has 3 aromatic rings. The highest BCUT2D eigenvalue weighted by molar-refractivity contribution is 7.14. The lowest BCUT2D eigenvalue weighted by Crippen LogP contribution is -2.35. The van der Waals surface area contributed by atoms with E-state index in [-0.39, 0.29) is 17.6 Å². The van der Waals surface area contributed by atoms with E-state index >= 15 is 0 Å². The number of carbonyl (C=O) groups is 1. The zero-order chi connectivity index (χ0) is 20.4. The molecule has 2 aromatic carbocycles. The molecule has 0 spiro atoms. The Morgan fingerprint density at radius 2 is 1.76 bits per heavy atom. The van der Waals surface area contributed by atoms with Gasteiger partial charge in [-0.1, -0.05) is 6.07 Å². The summed E-state index contributed by atoms with van der Waals surface area (Å²) in [6.07, 6.45) is 1.44. The number of benzene rings is 2. The van der Waals surface area contributed by atoms with E-state index in [0.717, 1.165) is 40.9 Å². The van der Waals surface area contributed by atoms with Gasteiger partial charge in [0, 0.05) is 30.1 Å². The van der Waals surface area contributed by atoms with Crippen molar-refractivity contribution in [2.24, 2.45) is 5.92 Å². The van der Waals surface area contributed by atoms with Crippen molar-refractivity contribution >= 4 is 28.1 Å². The normalized spacial score (nSPS) is 14.7. The number of thiazole rings is 1. The Morgan fingerprint density at radius 3 is 2.41 bits per heavy atom. The second kappa shape index (κ2) is 8.43. The van der Waals surface area contributed by atoms with Crippen LogP contribution in [0.4, 0.5) is 15.2 Å². The van der Waals surface area contributed by atoms with Gasteiger partial charge in [-0.05, 0) is 74.2 Å². The molecular formula is C23H23FN2O2S. The quantitative estimate of drug-likeness (QED) is 0.558. The largest absolute Gasteiger partial charge is 0.381 e. The van der Waals surface area contributed by atoms with Crippen LogP contribution in [0.25, 0.3) is 11.3 Å². The number of aromatic nitrogens is 1. The molecule has 0 bridgehead atoms. The Labute approximate surface area is 174 Å². The number of aryl methyl sites for hydroxylation is 2. The molecule has 4 rings (SSSR count). The summed E-state index contributed by atoms with van der Waals surface area (Å²) in [5, 5.41) is 2.54. The molecule has 4 nitrogen and oxygen atoms in total. The summed E-state index contributed by atoms with van der Waals surface area (Å²) in [4.78, 5) is 20.0. The zero-order valence-corrected chi connectivity index (χ0v) is 17.3. The van der Waals surface area contributed by atoms with Crippen LogP contribution in [0.5, 0.6) is 0 Å². The van der Waals surface area contributed by atoms with Crippen molar-refractivity contribution < 1.29 is 13.9 Å². The van der Waals surface area contributed by atoms with Crippen LogP contribution in [0.2, 0.25) is 0 Å².